The van der Waals surface area contributed by atoms with E-state index in [1.165, 1.54) is 23.2 Å². The van der Waals surface area contributed by atoms with E-state index in [4.69, 9.17) is 0 Å². The number of benzene rings is 1. The monoisotopic (exact) mass is 175 g/mol. The second kappa shape index (κ2) is 3.06. The second-order valence-electron chi connectivity index (χ2n) is 4.32. The Morgan fingerprint density at radius 3 is 2.85 bits per heavy atom. The quantitative estimate of drug-likeness (QED) is 0.691. The Kier molecular flexibility index (Phi) is 2.03. The standard InChI is InChI=1S/C12H17N/c1-8(2)10-4-5-12-11(7-10)6-9(3)13-12/h4-5,7-9,13H,6H2,1-3H3/t9-/m1/s1. The predicted molar refractivity (Wildman–Crippen MR) is 57.3 cm³/mol. The van der Waals surface area contributed by atoms with E-state index in [2.05, 4.69) is 44.3 Å². The molecule has 0 spiro atoms. The third-order valence-corrected chi connectivity index (χ3v) is 2.72. The maximum Gasteiger partial charge on any atom is 0.0375 e. The molecule has 70 valence electrons. The molecule has 1 aromatic carbocycles. The van der Waals surface area contributed by atoms with Crippen LogP contribution >= 0.6 is 0 Å². The van der Waals surface area contributed by atoms with E-state index in [1.54, 1.807) is 0 Å². The molecule has 0 unspecified atom stereocenters. The first kappa shape index (κ1) is 8.61. The second-order valence-corrected chi connectivity index (χ2v) is 4.32. The lowest BCUT2D eigenvalue weighted by molar-refractivity contribution is 0.832. The first-order valence-corrected chi connectivity index (χ1v) is 5.06. The average Bonchev–Trinajstić information content (AvgIpc) is 2.42. The molecule has 0 fully saturated rings. The van der Waals surface area contributed by atoms with Gasteiger partial charge in [0.05, 0.1) is 0 Å². The molecular weight excluding hydrogens is 158 g/mol. The van der Waals surface area contributed by atoms with Gasteiger partial charge in [-0.15, -0.1) is 0 Å². The van der Waals surface area contributed by atoms with Crippen molar-refractivity contribution in [1.82, 2.24) is 0 Å². The van der Waals surface area contributed by atoms with Gasteiger partial charge in [0.1, 0.15) is 0 Å². The van der Waals surface area contributed by atoms with Crippen LogP contribution in [-0.2, 0) is 6.42 Å². The van der Waals surface area contributed by atoms with Crippen LogP contribution in [0.1, 0.15) is 37.8 Å². The highest BCUT2D eigenvalue weighted by Gasteiger charge is 2.16. The molecule has 1 heteroatoms. The van der Waals surface area contributed by atoms with Crippen molar-refractivity contribution in [2.45, 2.75) is 39.2 Å². The van der Waals surface area contributed by atoms with Crippen LogP contribution in [0.5, 0.6) is 0 Å². The van der Waals surface area contributed by atoms with Crippen LogP contribution < -0.4 is 5.32 Å². The first-order chi connectivity index (χ1) is 6.16. The molecule has 1 aromatic rings. The normalized spacial score (nSPS) is 20.2. The number of rotatable bonds is 1. The molecule has 1 atom stereocenters. The lowest BCUT2D eigenvalue weighted by atomic mass is 9.99. The van der Waals surface area contributed by atoms with Gasteiger partial charge in [0.15, 0.2) is 0 Å². The van der Waals surface area contributed by atoms with Crippen LogP contribution in [0.25, 0.3) is 0 Å². The van der Waals surface area contributed by atoms with Gasteiger partial charge in [-0.2, -0.15) is 0 Å². The molecule has 0 bridgehead atoms. The van der Waals surface area contributed by atoms with E-state index >= 15 is 0 Å². The van der Waals surface area contributed by atoms with Crippen LogP contribution in [0.4, 0.5) is 5.69 Å². The van der Waals surface area contributed by atoms with Gasteiger partial charge in [-0.1, -0.05) is 26.0 Å². The van der Waals surface area contributed by atoms with Crippen LogP contribution in [0.3, 0.4) is 0 Å². The predicted octanol–water partition coefficient (Wildman–Crippen LogP) is 3.17. The minimum atomic E-state index is 0.609. The molecule has 1 heterocycles. The van der Waals surface area contributed by atoms with Crippen molar-refractivity contribution in [2.75, 3.05) is 5.32 Å². The lowest BCUT2D eigenvalue weighted by Crippen LogP contribution is -2.08. The van der Waals surface area contributed by atoms with Crippen molar-refractivity contribution < 1.29 is 0 Å². The van der Waals surface area contributed by atoms with Gasteiger partial charge in [0.25, 0.3) is 0 Å². The van der Waals surface area contributed by atoms with E-state index in [-0.39, 0.29) is 0 Å². The molecule has 1 aliphatic rings. The molecular formula is C12H17N. The third-order valence-electron chi connectivity index (χ3n) is 2.72. The molecule has 0 aliphatic carbocycles. The Morgan fingerprint density at radius 2 is 2.15 bits per heavy atom. The number of anilines is 1. The van der Waals surface area contributed by atoms with Gasteiger partial charge < -0.3 is 5.32 Å². The minimum absolute atomic E-state index is 0.609. The van der Waals surface area contributed by atoms with Crippen molar-refractivity contribution in [3.05, 3.63) is 29.3 Å². The van der Waals surface area contributed by atoms with E-state index in [0.29, 0.717) is 12.0 Å². The van der Waals surface area contributed by atoms with Crippen molar-refractivity contribution >= 4 is 5.69 Å². The summed E-state index contributed by atoms with van der Waals surface area (Å²) in [6.45, 7) is 6.72. The van der Waals surface area contributed by atoms with Crippen molar-refractivity contribution in [3.63, 3.8) is 0 Å². The van der Waals surface area contributed by atoms with Gasteiger partial charge in [0.2, 0.25) is 0 Å². The van der Waals surface area contributed by atoms with Gasteiger partial charge in [0, 0.05) is 11.7 Å². The molecule has 0 aromatic heterocycles. The lowest BCUT2D eigenvalue weighted by Gasteiger charge is -2.07. The fourth-order valence-electron chi connectivity index (χ4n) is 1.93. The summed E-state index contributed by atoms with van der Waals surface area (Å²) < 4.78 is 0. The Balaban J connectivity index is 2.35. The Labute approximate surface area is 80.2 Å². The fraction of sp³-hybridized carbons (Fsp3) is 0.500. The zero-order valence-electron chi connectivity index (χ0n) is 8.59. The molecule has 1 aliphatic heterocycles. The molecule has 1 N–H and O–H groups in total. The van der Waals surface area contributed by atoms with Crippen molar-refractivity contribution in [1.29, 1.82) is 0 Å². The highest BCUT2D eigenvalue weighted by atomic mass is 14.9. The highest BCUT2D eigenvalue weighted by molar-refractivity contribution is 5.58. The number of hydrogen-bond acceptors (Lipinski definition) is 1. The molecule has 0 amide bonds. The molecule has 0 saturated carbocycles. The Bertz CT molecular complexity index is 315. The van der Waals surface area contributed by atoms with Gasteiger partial charge >= 0.3 is 0 Å². The van der Waals surface area contributed by atoms with Crippen LogP contribution in [0, 0.1) is 0 Å². The fourth-order valence-corrected chi connectivity index (χ4v) is 1.93. The summed E-state index contributed by atoms with van der Waals surface area (Å²) in [5, 5.41) is 3.46. The van der Waals surface area contributed by atoms with E-state index < -0.39 is 0 Å². The van der Waals surface area contributed by atoms with Crippen LogP contribution in [-0.4, -0.2) is 6.04 Å². The summed E-state index contributed by atoms with van der Waals surface area (Å²) in [4.78, 5) is 0. The summed E-state index contributed by atoms with van der Waals surface area (Å²) >= 11 is 0. The molecule has 0 radical (unpaired) electrons. The van der Waals surface area contributed by atoms with Crippen LogP contribution in [0.15, 0.2) is 18.2 Å². The molecule has 13 heavy (non-hydrogen) atoms. The zero-order valence-corrected chi connectivity index (χ0v) is 8.59. The number of hydrogen-bond donors (Lipinski definition) is 1. The molecule has 2 rings (SSSR count). The SMILES string of the molecule is CC(C)c1ccc2c(c1)C[C@@H](C)N2. The zero-order chi connectivity index (χ0) is 9.42. The molecule has 0 saturated heterocycles. The summed E-state index contributed by atoms with van der Waals surface area (Å²) in [6, 6.07) is 7.40. The topological polar surface area (TPSA) is 12.0 Å². The van der Waals surface area contributed by atoms with Crippen molar-refractivity contribution in [3.8, 4) is 0 Å². The van der Waals surface area contributed by atoms with E-state index in [1.807, 2.05) is 0 Å². The third kappa shape index (κ3) is 1.55. The summed E-state index contributed by atoms with van der Waals surface area (Å²) in [5.41, 5.74) is 4.27. The smallest absolute Gasteiger partial charge is 0.0375 e. The average molecular weight is 175 g/mol. The first-order valence-electron chi connectivity index (χ1n) is 5.06. The highest BCUT2D eigenvalue weighted by Crippen LogP contribution is 2.28. The molecule has 1 nitrogen and oxygen atoms in total. The summed E-state index contributed by atoms with van der Waals surface area (Å²) in [6.07, 6.45) is 1.18. The van der Waals surface area contributed by atoms with Crippen LogP contribution in [0.2, 0.25) is 0 Å². The Morgan fingerprint density at radius 1 is 1.38 bits per heavy atom. The largest absolute Gasteiger partial charge is 0.382 e. The number of nitrogens with one attached hydrogen (secondary N) is 1. The maximum absolute atomic E-state index is 3.46. The van der Waals surface area contributed by atoms with Gasteiger partial charge in [-0.05, 0) is 36.5 Å². The summed E-state index contributed by atoms with van der Waals surface area (Å²) in [5.74, 6) is 0.640. The Hall–Kier alpha value is -0.980. The van der Waals surface area contributed by atoms with E-state index in [9.17, 15) is 0 Å². The van der Waals surface area contributed by atoms with E-state index in [0.717, 1.165) is 0 Å². The van der Waals surface area contributed by atoms with Gasteiger partial charge in [-0.3, -0.25) is 0 Å². The van der Waals surface area contributed by atoms with Crippen molar-refractivity contribution in [2.24, 2.45) is 0 Å². The van der Waals surface area contributed by atoms with Gasteiger partial charge in [-0.25, -0.2) is 0 Å². The summed E-state index contributed by atoms with van der Waals surface area (Å²) in [7, 11) is 0. The minimum Gasteiger partial charge on any atom is -0.382 e. The number of fused-ring (bicyclic) bond motifs is 1. The maximum atomic E-state index is 3.46.